The van der Waals surface area contributed by atoms with E-state index in [1.54, 1.807) is 0 Å². The smallest absolute Gasteiger partial charge is 0.225 e. The number of carbonyl (C=O) groups excluding carboxylic acids is 1. The fourth-order valence-corrected chi connectivity index (χ4v) is 5.52. The first-order valence-corrected chi connectivity index (χ1v) is 11.1. The van der Waals surface area contributed by atoms with Crippen LogP contribution in [0.5, 0.6) is 0 Å². The van der Waals surface area contributed by atoms with Crippen LogP contribution in [0, 0.1) is 17.3 Å². The summed E-state index contributed by atoms with van der Waals surface area (Å²) in [6, 6.07) is 0.415. The van der Waals surface area contributed by atoms with E-state index < -0.39 is 0 Å². The molecule has 7 nitrogen and oxygen atoms in total. The normalized spacial score (nSPS) is 32.2. The second-order valence-electron chi connectivity index (χ2n) is 9.18. The van der Waals surface area contributed by atoms with Crippen molar-refractivity contribution in [3.63, 3.8) is 0 Å². The molecular weight excluding hydrogens is 483 g/mol. The van der Waals surface area contributed by atoms with E-state index in [1.165, 1.54) is 0 Å². The van der Waals surface area contributed by atoms with E-state index in [-0.39, 0.29) is 35.3 Å². The standard InChI is InChI=1S/C21H36N4O3.HI/c1-4-22-20(23-17-16-7-12-28-18(16)21(17,2)3)25-8-5-15(6-9-25)19(26)24-10-13-27-14-11-24;/h15-18H,4-14H2,1-3H3,(H,22,23);1H. The summed E-state index contributed by atoms with van der Waals surface area (Å²) in [5.41, 5.74) is 0.139. The van der Waals surface area contributed by atoms with Crippen molar-refractivity contribution in [3.8, 4) is 0 Å². The van der Waals surface area contributed by atoms with Gasteiger partial charge < -0.3 is 24.6 Å². The Labute approximate surface area is 192 Å². The Kier molecular flexibility index (Phi) is 7.70. The molecule has 0 spiro atoms. The molecule has 3 unspecified atom stereocenters. The van der Waals surface area contributed by atoms with Gasteiger partial charge in [-0.1, -0.05) is 13.8 Å². The van der Waals surface area contributed by atoms with Gasteiger partial charge in [0.15, 0.2) is 5.96 Å². The van der Waals surface area contributed by atoms with Gasteiger partial charge in [0.25, 0.3) is 0 Å². The Morgan fingerprint density at radius 2 is 1.76 bits per heavy atom. The predicted octanol–water partition coefficient (Wildman–Crippen LogP) is 1.95. The number of piperidine rings is 1. The molecule has 0 bridgehead atoms. The van der Waals surface area contributed by atoms with E-state index >= 15 is 0 Å². The second-order valence-corrected chi connectivity index (χ2v) is 9.18. The van der Waals surface area contributed by atoms with Crippen molar-refractivity contribution in [2.75, 3.05) is 52.5 Å². The highest BCUT2D eigenvalue weighted by atomic mass is 127. The quantitative estimate of drug-likeness (QED) is 0.350. The second kappa shape index (κ2) is 9.68. The molecule has 29 heavy (non-hydrogen) atoms. The number of nitrogens with zero attached hydrogens (tertiary/aromatic N) is 3. The van der Waals surface area contributed by atoms with Gasteiger partial charge in [-0.05, 0) is 26.2 Å². The molecule has 166 valence electrons. The summed E-state index contributed by atoms with van der Waals surface area (Å²) in [4.78, 5) is 21.9. The summed E-state index contributed by atoms with van der Waals surface area (Å²) < 4.78 is 11.3. The highest BCUT2D eigenvalue weighted by Gasteiger charge is 2.59. The number of amides is 1. The van der Waals surface area contributed by atoms with Crippen LogP contribution < -0.4 is 5.32 Å². The molecule has 1 aliphatic carbocycles. The maximum atomic E-state index is 12.8. The van der Waals surface area contributed by atoms with Gasteiger partial charge in [0.1, 0.15) is 0 Å². The summed E-state index contributed by atoms with van der Waals surface area (Å²) >= 11 is 0. The lowest BCUT2D eigenvalue weighted by Gasteiger charge is -2.55. The summed E-state index contributed by atoms with van der Waals surface area (Å²) in [5.74, 6) is 2.07. The maximum Gasteiger partial charge on any atom is 0.225 e. The minimum absolute atomic E-state index is 0. The van der Waals surface area contributed by atoms with Gasteiger partial charge in [0.2, 0.25) is 5.91 Å². The van der Waals surface area contributed by atoms with E-state index in [0.29, 0.717) is 37.2 Å². The number of nitrogens with one attached hydrogen (secondary N) is 1. The zero-order valence-corrected chi connectivity index (χ0v) is 20.4. The molecule has 1 amide bonds. The first kappa shape index (κ1) is 23.1. The van der Waals surface area contributed by atoms with Gasteiger partial charge in [-0.15, -0.1) is 24.0 Å². The van der Waals surface area contributed by atoms with Crippen molar-refractivity contribution < 1.29 is 14.3 Å². The summed E-state index contributed by atoms with van der Waals surface area (Å²) in [6.45, 7) is 12.9. The van der Waals surface area contributed by atoms with Gasteiger partial charge >= 0.3 is 0 Å². The molecule has 0 aromatic heterocycles. The number of halogens is 1. The summed E-state index contributed by atoms with van der Waals surface area (Å²) in [6.07, 6.45) is 3.33. The van der Waals surface area contributed by atoms with Crippen LogP contribution in [-0.2, 0) is 14.3 Å². The highest BCUT2D eigenvalue weighted by molar-refractivity contribution is 14.0. The van der Waals surface area contributed by atoms with Crippen molar-refractivity contribution in [2.45, 2.75) is 52.2 Å². The van der Waals surface area contributed by atoms with Crippen LogP contribution in [-0.4, -0.2) is 86.4 Å². The molecule has 0 radical (unpaired) electrons. The third kappa shape index (κ3) is 4.54. The number of morpholine rings is 1. The Morgan fingerprint density at radius 1 is 1.07 bits per heavy atom. The van der Waals surface area contributed by atoms with E-state index in [4.69, 9.17) is 14.5 Å². The number of hydrogen-bond donors (Lipinski definition) is 1. The van der Waals surface area contributed by atoms with Crippen LogP contribution in [0.15, 0.2) is 4.99 Å². The molecular formula is C21H37IN4O3. The van der Waals surface area contributed by atoms with Crippen molar-refractivity contribution in [1.82, 2.24) is 15.1 Å². The summed E-state index contributed by atoms with van der Waals surface area (Å²) in [7, 11) is 0. The molecule has 3 heterocycles. The molecule has 0 aromatic rings. The van der Waals surface area contributed by atoms with Crippen molar-refractivity contribution in [2.24, 2.45) is 22.2 Å². The number of fused-ring (bicyclic) bond motifs is 1. The third-order valence-corrected chi connectivity index (χ3v) is 7.16. The van der Waals surface area contributed by atoms with Crippen molar-refractivity contribution in [1.29, 1.82) is 0 Å². The number of guanidine groups is 1. The average Bonchev–Trinajstić information content (AvgIpc) is 3.18. The molecule has 0 aromatic carbocycles. The Hall–Kier alpha value is -0.610. The minimum Gasteiger partial charge on any atom is -0.378 e. The molecule has 4 fully saturated rings. The van der Waals surface area contributed by atoms with Crippen LogP contribution in [0.2, 0.25) is 0 Å². The molecule has 1 saturated carbocycles. The van der Waals surface area contributed by atoms with E-state index in [2.05, 4.69) is 31.0 Å². The van der Waals surface area contributed by atoms with Gasteiger partial charge in [-0.25, -0.2) is 0 Å². The molecule has 1 N–H and O–H groups in total. The van der Waals surface area contributed by atoms with Crippen molar-refractivity contribution in [3.05, 3.63) is 0 Å². The average molecular weight is 520 g/mol. The predicted molar refractivity (Wildman–Crippen MR) is 124 cm³/mol. The molecule has 4 aliphatic rings. The first-order chi connectivity index (χ1) is 13.5. The lowest BCUT2D eigenvalue weighted by molar-refractivity contribution is -0.140. The van der Waals surface area contributed by atoms with Crippen molar-refractivity contribution >= 4 is 35.8 Å². The molecule has 8 heteroatoms. The Bertz CT molecular complexity index is 601. The maximum absolute atomic E-state index is 12.8. The van der Waals surface area contributed by atoms with Gasteiger partial charge in [-0.3, -0.25) is 9.79 Å². The fourth-order valence-electron chi connectivity index (χ4n) is 5.52. The monoisotopic (exact) mass is 520 g/mol. The van der Waals surface area contributed by atoms with E-state index in [0.717, 1.165) is 64.6 Å². The number of aliphatic imine (C=N–C) groups is 1. The first-order valence-electron chi connectivity index (χ1n) is 11.1. The van der Waals surface area contributed by atoms with Crippen LogP contribution in [0.3, 0.4) is 0 Å². The lowest BCUT2D eigenvalue weighted by atomic mass is 9.57. The Balaban J connectivity index is 0.00000240. The van der Waals surface area contributed by atoms with Gasteiger partial charge in [0.05, 0.1) is 19.3 Å². The number of hydrogen-bond acceptors (Lipinski definition) is 4. The van der Waals surface area contributed by atoms with Gasteiger partial charge in [-0.2, -0.15) is 0 Å². The van der Waals surface area contributed by atoms with E-state index in [9.17, 15) is 4.79 Å². The largest absolute Gasteiger partial charge is 0.378 e. The number of rotatable bonds is 3. The zero-order chi connectivity index (χ0) is 19.7. The lowest BCUT2D eigenvalue weighted by Crippen LogP contribution is -2.68. The summed E-state index contributed by atoms with van der Waals surface area (Å²) in [5, 5.41) is 3.78. The fraction of sp³-hybridized carbons (Fsp3) is 0.905. The molecule has 3 atom stereocenters. The van der Waals surface area contributed by atoms with E-state index in [1.807, 2.05) is 4.90 Å². The zero-order valence-electron chi connectivity index (χ0n) is 18.1. The highest BCUT2D eigenvalue weighted by Crippen LogP contribution is 2.52. The van der Waals surface area contributed by atoms with Gasteiger partial charge in [0, 0.05) is 62.6 Å². The number of likely N-dealkylation sites (tertiary alicyclic amines) is 1. The van der Waals surface area contributed by atoms with Crippen LogP contribution >= 0.6 is 24.0 Å². The number of carbonyl (C=O) groups is 1. The molecule has 4 rings (SSSR count). The van der Waals surface area contributed by atoms with Crippen LogP contribution in [0.25, 0.3) is 0 Å². The SMILES string of the molecule is CCN=C(NC1C2CCOC2C1(C)C)N1CCC(C(=O)N2CCOCC2)CC1.I. The molecule has 3 saturated heterocycles. The Morgan fingerprint density at radius 3 is 2.41 bits per heavy atom. The topological polar surface area (TPSA) is 66.4 Å². The minimum atomic E-state index is 0. The number of ether oxygens (including phenoxy) is 2. The van der Waals surface area contributed by atoms with Crippen LogP contribution in [0.4, 0.5) is 0 Å². The third-order valence-electron chi connectivity index (χ3n) is 7.16. The molecule has 3 aliphatic heterocycles. The van der Waals surface area contributed by atoms with Crippen LogP contribution in [0.1, 0.15) is 40.0 Å².